The van der Waals surface area contributed by atoms with Gasteiger partial charge in [-0.05, 0) is 44.0 Å². The fourth-order valence-electron chi connectivity index (χ4n) is 2.99. The Morgan fingerprint density at radius 2 is 1.90 bits per heavy atom. The molecule has 0 radical (unpaired) electrons. The largest absolute Gasteiger partial charge is 0.496 e. The first-order valence-electron chi connectivity index (χ1n) is 9.09. The van der Waals surface area contributed by atoms with Crippen LogP contribution >= 0.6 is 0 Å². The molecule has 1 aromatic heterocycles. The van der Waals surface area contributed by atoms with Gasteiger partial charge in [0.1, 0.15) is 29.6 Å². The van der Waals surface area contributed by atoms with Gasteiger partial charge in [-0.15, -0.1) is 0 Å². The smallest absolute Gasteiger partial charge is 0.296 e. The van der Waals surface area contributed by atoms with E-state index in [1.54, 1.807) is 6.92 Å². The van der Waals surface area contributed by atoms with Crippen molar-refractivity contribution < 1.29 is 23.7 Å². The minimum absolute atomic E-state index is 0.00357. The number of aromatic nitrogens is 1. The van der Waals surface area contributed by atoms with E-state index in [9.17, 15) is 14.9 Å². The molecule has 2 aromatic carbocycles. The quantitative estimate of drug-likeness (QED) is 0.454. The van der Waals surface area contributed by atoms with Crippen LogP contribution in [0.25, 0.3) is 0 Å². The lowest BCUT2D eigenvalue weighted by molar-refractivity contribution is -0.384. The molecule has 1 amide bonds. The first kappa shape index (κ1) is 20.8. The number of nitro benzene ring substituents is 1. The van der Waals surface area contributed by atoms with Gasteiger partial charge in [-0.3, -0.25) is 14.9 Å². The molecule has 30 heavy (non-hydrogen) atoms. The average molecular weight is 411 g/mol. The summed E-state index contributed by atoms with van der Waals surface area (Å²) in [6.45, 7) is 5.59. The van der Waals surface area contributed by atoms with Crippen molar-refractivity contribution in [3.05, 3.63) is 74.7 Å². The highest BCUT2D eigenvalue weighted by Gasteiger charge is 2.24. The van der Waals surface area contributed by atoms with Gasteiger partial charge in [0.15, 0.2) is 5.69 Å². The van der Waals surface area contributed by atoms with Crippen molar-refractivity contribution in [1.82, 2.24) is 5.16 Å². The summed E-state index contributed by atoms with van der Waals surface area (Å²) < 4.78 is 16.1. The standard InChI is InChI=1S/C21H21N3O6/c1-12-6-5-7-13(2)20(12)29-11-16-14(3)30-23-19(16)21(25)22-17-9-8-15(28-4)10-18(17)24(26)27/h5-10H,11H2,1-4H3,(H,22,25). The number of nitrogens with one attached hydrogen (secondary N) is 1. The van der Waals surface area contributed by atoms with Crippen LogP contribution in [0.2, 0.25) is 0 Å². The number of methoxy groups -OCH3 is 1. The number of benzene rings is 2. The van der Waals surface area contributed by atoms with Gasteiger partial charge in [0.05, 0.1) is 23.7 Å². The summed E-state index contributed by atoms with van der Waals surface area (Å²) in [4.78, 5) is 23.5. The maximum atomic E-state index is 12.8. The van der Waals surface area contributed by atoms with Crippen LogP contribution < -0.4 is 14.8 Å². The van der Waals surface area contributed by atoms with Crippen LogP contribution in [0.15, 0.2) is 40.9 Å². The van der Waals surface area contributed by atoms with Crippen LogP contribution in [0.4, 0.5) is 11.4 Å². The number of amides is 1. The third-order valence-corrected chi connectivity index (χ3v) is 4.62. The number of para-hydroxylation sites is 1. The molecule has 0 aliphatic heterocycles. The Morgan fingerprint density at radius 3 is 2.53 bits per heavy atom. The van der Waals surface area contributed by atoms with E-state index in [0.717, 1.165) is 16.9 Å². The molecule has 0 aliphatic carbocycles. The molecule has 0 saturated heterocycles. The Labute approximate surface area is 172 Å². The molecule has 3 rings (SSSR count). The maximum absolute atomic E-state index is 12.8. The second-order valence-corrected chi connectivity index (χ2v) is 6.67. The third-order valence-electron chi connectivity index (χ3n) is 4.62. The minimum atomic E-state index is -0.639. The van der Waals surface area contributed by atoms with E-state index in [1.165, 1.54) is 25.3 Å². The summed E-state index contributed by atoms with van der Waals surface area (Å²) in [7, 11) is 1.40. The lowest BCUT2D eigenvalue weighted by Gasteiger charge is -2.12. The summed E-state index contributed by atoms with van der Waals surface area (Å²) >= 11 is 0. The second kappa shape index (κ2) is 8.64. The molecule has 0 unspecified atom stereocenters. The van der Waals surface area contributed by atoms with Gasteiger partial charge in [0.2, 0.25) is 0 Å². The summed E-state index contributed by atoms with van der Waals surface area (Å²) in [5.41, 5.74) is 2.12. The van der Waals surface area contributed by atoms with Crippen molar-refractivity contribution in [1.29, 1.82) is 0 Å². The number of rotatable bonds is 7. The zero-order chi connectivity index (χ0) is 21.8. The van der Waals surface area contributed by atoms with E-state index in [4.69, 9.17) is 14.0 Å². The van der Waals surface area contributed by atoms with Crippen molar-refractivity contribution >= 4 is 17.3 Å². The molecule has 1 N–H and O–H groups in total. The van der Waals surface area contributed by atoms with Crippen molar-refractivity contribution in [2.75, 3.05) is 12.4 Å². The third kappa shape index (κ3) is 4.24. The van der Waals surface area contributed by atoms with E-state index in [2.05, 4.69) is 10.5 Å². The van der Waals surface area contributed by atoms with E-state index in [0.29, 0.717) is 17.1 Å². The Balaban J connectivity index is 1.84. The normalized spacial score (nSPS) is 10.5. The van der Waals surface area contributed by atoms with E-state index < -0.39 is 10.8 Å². The summed E-state index contributed by atoms with van der Waals surface area (Å²) in [5, 5.41) is 17.7. The maximum Gasteiger partial charge on any atom is 0.296 e. The lowest BCUT2D eigenvalue weighted by atomic mass is 10.1. The number of ether oxygens (including phenoxy) is 2. The van der Waals surface area contributed by atoms with Gasteiger partial charge < -0.3 is 19.3 Å². The number of carbonyl (C=O) groups is 1. The molecule has 156 valence electrons. The number of aryl methyl sites for hydroxylation is 3. The van der Waals surface area contributed by atoms with Crippen LogP contribution in [0.1, 0.15) is 32.9 Å². The van der Waals surface area contributed by atoms with Gasteiger partial charge in [-0.25, -0.2) is 0 Å². The molecule has 0 fully saturated rings. The molecule has 9 heteroatoms. The highest BCUT2D eigenvalue weighted by Crippen LogP contribution is 2.30. The van der Waals surface area contributed by atoms with Gasteiger partial charge in [0.25, 0.3) is 11.6 Å². The zero-order valence-electron chi connectivity index (χ0n) is 17.0. The lowest BCUT2D eigenvalue weighted by Crippen LogP contribution is -2.16. The SMILES string of the molecule is COc1ccc(NC(=O)c2noc(C)c2COc2c(C)cccc2C)c([N+](=O)[O-])c1. The Kier molecular flexibility index (Phi) is 6.01. The molecule has 0 aliphatic rings. The number of carbonyl (C=O) groups excluding carboxylic acids is 1. The molecular weight excluding hydrogens is 390 g/mol. The Bertz CT molecular complexity index is 1090. The molecule has 9 nitrogen and oxygen atoms in total. The first-order chi connectivity index (χ1) is 14.3. The first-order valence-corrected chi connectivity index (χ1v) is 9.09. The van der Waals surface area contributed by atoms with Crippen LogP contribution in [-0.2, 0) is 6.61 Å². The van der Waals surface area contributed by atoms with Crippen LogP contribution in [0, 0.1) is 30.9 Å². The van der Waals surface area contributed by atoms with Crippen molar-refractivity contribution in [2.45, 2.75) is 27.4 Å². The zero-order valence-corrected chi connectivity index (χ0v) is 17.0. The summed E-state index contributed by atoms with van der Waals surface area (Å²) in [6, 6.07) is 9.94. The van der Waals surface area contributed by atoms with E-state index >= 15 is 0 Å². The topological polar surface area (TPSA) is 117 Å². The van der Waals surface area contributed by atoms with Gasteiger partial charge in [0, 0.05) is 0 Å². The second-order valence-electron chi connectivity index (χ2n) is 6.67. The van der Waals surface area contributed by atoms with Gasteiger partial charge >= 0.3 is 0 Å². The number of hydrogen-bond acceptors (Lipinski definition) is 7. The number of nitro groups is 1. The van der Waals surface area contributed by atoms with Gasteiger partial charge in [-0.2, -0.15) is 0 Å². The Hall–Kier alpha value is -3.88. The fraction of sp³-hybridized carbons (Fsp3) is 0.238. The minimum Gasteiger partial charge on any atom is -0.496 e. The molecular formula is C21H21N3O6. The highest BCUT2D eigenvalue weighted by molar-refractivity contribution is 6.05. The van der Waals surface area contributed by atoms with Crippen LogP contribution in [0.3, 0.4) is 0 Å². The Morgan fingerprint density at radius 1 is 1.20 bits per heavy atom. The molecule has 0 atom stereocenters. The summed E-state index contributed by atoms with van der Waals surface area (Å²) in [6.07, 6.45) is 0. The van der Waals surface area contributed by atoms with Gasteiger partial charge in [-0.1, -0.05) is 23.4 Å². The number of nitrogens with zero attached hydrogens (tertiary/aromatic N) is 2. The molecule has 0 spiro atoms. The average Bonchev–Trinajstić information content (AvgIpc) is 3.08. The van der Waals surface area contributed by atoms with Crippen molar-refractivity contribution in [3.8, 4) is 11.5 Å². The van der Waals surface area contributed by atoms with Crippen LogP contribution in [-0.4, -0.2) is 23.1 Å². The highest BCUT2D eigenvalue weighted by atomic mass is 16.6. The van der Waals surface area contributed by atoms with E-state index in [-0.39, 0.29) is 23.7 Å². The van der Waals surface area contributed by atoms with Crippen LogP contribution in [0.5, 0.6) is 11.5 Å². The van der Waals surface area contributed by atoms with Crippen molar-refractivity contribution in [2.24, 2.45) is 0 Å². The fourth-order valence-corrected chi connectivity index (χ4v) is 2.99. The predicted octanol–water partition coefficient (Wildman–Crippen LogP) is 4.35. The number of anilines is 1. The molecule has 3 aromatic rings. The van der Waals surface area contributed by atoms with Crippen molar-refractivity contribution in [3.63, 3.8) is 0 Å². The molecule has 1 heterocycles. The van der Waals surface area contributed by atoms with E-state index in [1.807, 2.05) is 32.0 Å². The monoisotopic (exact) mass is 411 g/mol. The summed E-state index contributed by atoms with van der Waals surface area (Å²) in [5.74, 6) is 0.811. The number of hydrogen-bond donors (Lipinski definition) is 1. The molecule has 0 bridgehead atoms. The predicted molar refractivity (Wildman–Crippen MR) is 109 cm³/mol. The molecule has 0 saturated carbocycles.